The van der Waals surface area contributed by atoms with Gasteiger partial charge in [-0.2, -0.15) is 0 Å². The van der Waals surface area contributed by atoms with E-state index in [-0.39, 0.29) is 18.8 Å². The van der Waals surface area contributed by atoms with Gasteiger partial charge in [0, 0.05) is 30.9 Å². The Morgan fingerprint density at radius 2 is 1.52 bits per heavy atom. The third kappa shape index (κ3) is 6.59. The van der Waals surface area contributed by atoms with Crippen LogP contribution in [0.25, 0.3) is 12.2 Å². The smallest absolute Gasteiger partial charge is 0.309 e. The number of pyridine rings is 1. The van der Waals surface area contributed by atoms with Crippen LogP contribution in [-0.4, -0.2) is 24.2 Å². The van der Waals surface area contributed by atoms with E-state index in [1.807, 2.05) is 29.1 Å². The number of benzene rings is 1. The van der Waals surface area contributed by atoms with Crippen molar-refractivity contribution in [2.24, 2.45) is 0 Å². The second kappa shape index (κ2) is 10.5. The molecule has 1 N–H and O–H groups in total. The van der Waals surface area contributed by atoms with Crippen LogP contribution in [-0.2, 0) is 11.3 Å². The van der Waals surface area contributed by atoms with E-state index in [0.717, 1.165) is 24.2 Å². The minimum atomic E-state index is -0.778. The summed E-state index contributed by atoms with van der Waals surface area (Å²) in [5.74, 6) is -0.778. The third-order valence-corrected chi connectivity index (χ3v) is 3.99. The van der Waals surface area contributed by atoms with Crippen molar-refractivity contribution in [3.8, 4) is 0 Å². The lowest BCUT2D eigenvalue weighted by Gasteiger charge is -2.20. The number of nitrogens with zero attached hydrogens (tertiary/aromatic N) is 2. The van der Waals surface area contributed by atoms with E-state index in [1.165, 1.54) is 5.69 Å². The molecule has 134 valence electrons. The minimum absolute atomic E-state index is 0. The zero-order chi connectivity index (χ0) is 17.4. The molecule has 25 heavy (non-hydrogen) atoms. The lowest BCUT2D eigenvalue weighted by molar-refractivity contribution is -0.696. The summed E-state index contributed by atoms with van der Waals surface area (Å²) in [6.45, 7) is 6.84. The molecule has 0 unspecified atom stereocenters. The molecule has 0 saturated heterocycles. The molecule has 0 saturated carbocycles. The number of anilines is 1. The van der Waals surface area contributed by atoms with Crippen molar-refractivity contribution < 1.29 is 26.9 Å². The van der Waals surface area contributed by atoms with Crippen molar-refractivity contribution in [3.63, 3.8) is 0 Å². The van der Waals surface area contributed by atoms with Gasteiger partial charge >= 0.3 is 5.97 Å². The number of carboxylic acid groups (broad SMARTS) is 1. The monoisotopic (exact) mass is 360 g/mol. The summed E-state index contributed by atoms with van der Waals surface area (Å²) >= 11 is 0. The van der Waals surface area contributed by atoms with Crippen LogP contribution >= 0.6 is 0 Å². The number of halogens is 1. The van der Waals surface area contributed by atoms with Crippen molar-refractivity contribution in [3.05, 3.63) is 59.9 Å². The number of hydrogen-bond acceptors (Lipinski definition) is 2. The molecule has 2 aromatic rings. The van der Waals surface area contributed by atoms with Gasteiger partial charge in [0.05, 0.1) is 0 Å². The Kier molecular flexibility index (Phi) is 8.71. The first kappa shape index (κ1) is 20.7. The average Bonchev–Trinajstić information content (AvgIpc) is 2.61. The molecule has 0 aliphatic rings. The first-order valence-corrected chi connectivity index (χ1v) is 8.36. The van der Waals surface area contributed by atoms with E-state index in [9.17, 15) is 4.79 Å². The fourth-order valence-corrected chi connectivity index (χ4v) is 2.53. The molecular formula is C20H25ClN2O2. The summed E-state index contributed by atoms with van der Waals surface area (Å²) in [4.78, 5) is 12.9. The van der Waals surface area contributed by atoms with Crippen molar-refractivity contribution >= 4 is 23.8 Å². The molecule has 0 aliphatic heterocycles. The minimum Gasteiger partial charge on any atom is -1.00 e. The Balaban J connectivity index is 0.00000312. The molecule has 4 nitrogen and oxygen atoms in total. The Bertz CT molecular complexity index is 678. The molecule has 0 amide bonds. The van der Waals surface area contributed by atoms with E-state index in [1.54, 1.807) is 0 Å². The summed E-state index contributed by atoms with van der Waals surface area (Å²) in [5.41, 5.74) is 3.50. The van der Waals surface area contributed by atoms with Gasteiger partial charge < -0.3 is 22.4 Å². The molecule has 0 fully saturated rings. The van der Waals surface area contributed by atoms with Gasteiger partial charge in [-0.05, 0) is 37.1 Å². The topological polar surface area (TPSA) is 44.4 Å². The maximum Gasteiger partial charge on any atom is 0.309 e. The van der Waals surface area contributed by atoms with Crippen LogP contribution in [0.3, 0.4) is 0 Å². The normalized spacial score (nSPS) is 10.5. The van der Waals surface area contributed by atoms with Gasteiger partial charge in [0.25, 0.3) is 0 Å². The van der Waals surface area contributed by atoms with Gasteiger partial charge in [0.15, 0.2) is 18.9 Å². The van der Waals surface area contributed by atoms with Gasteiger partial charge in [-0.25, -0.2) is 4.57 Å². The standard InChI is InChI=1S/C20H24N2O2.ClH/c1-3-22(4-2)19-9-7-17(8-10-19)5-6-18-11-14-21(15-12-18)16-13-20(23)24;/h5-12,14-15H,3-4,13,16H2,1-2H3;1H. The van der Waals surface area contributed by atoms with E-state index in [2.05, 4.69) is 55.2 Å². The van der Waals surface area contributed by atoms with Crippen molar-refractivity contribution in [2.45, 2.75) is 26.8 Å². The molecule has 0 atom stereocenters. The second-order valence-corrected chi connectivity index (χ2v) is 5.61. The number of rotatable bonds is 8. The lowest BCUT2D eigenvalue weighted by atomic mass is 10.1. The Labute approximate surface area is 155 Å². The number of aryl methyl sites for hydroxylation is 1. The summed E-state index contributed by atoms with van der Waals surface area (Å²) in [7, 11) is 0. The van der Waals surface area contributed by atoms with E-state index in [0.29, 0.717) is 6.54 Å². The van der Waals surface area contributed by atoms with Crippen molar-refractivity contribution in [1.82, 2.24) is 0 Å². The van der Waals surface area contributed by atoms with Crippen molar-refractivity contribution in [2.75, 3.05) is 18.0 Å². The number of carboxylic acids is 1. The molecule has 0 bridgehead atoms. The largest absolute Gasteiger partial charge is 1.00 e. The van der Waals surface area contributed by atoms with Crippen LogP contribution in [0.15, 0.2) is 48.8 Å². The maximum absolute atomic E-state index is 10.6. The number of aromatic nitrogens is 1. The highest BCUT2D eigenvalue weighted by atomic mass is 35.5. The summed E-state index contributed by atoms with van der Waals surface area (Å²) in [6, 6.07) is 12.5. The first-order chi connectivity index (χ1) is 11.6. The molecule has 0 radical (unpaired) electrons. The molecule has 0 aliphatic carbocycles. The van der Waals surface area contributed by atoms with Crippen LogP contribution in [0.4, 0.5) is 5.69 Å². The molecule has 1 heterocycles. The van der Waals surface area contributed by atoms with E-state index >= 15 is 0 Å². The maximum atomic E-state index is 10.6. The zero-order valence-corrected chi connectivity index (χ0v) is 15.5. The molecule has 1 aromatic carbocycles. The van der Waals surface area contributed by atoms with Crippen LogP contribution in [0, 0.1) is 0 Å². The molecule has 0 spiro atoms. The Morgan fingerprint density at radius 3 is 2.00 bits per heavy atom. The Hall–Kier alpha value is -2.33. The van der Waals surface area contributed by atoms with Gasteiger partial charge in [0.2, 0.25) is 0 Å². The van der Waals surface area contributed by atoms with E-state index < -0.39 is 5.97 Å². The SMILES string of the molecule is CCN(CC)c1ccc(/C=C\c2cc[n+](CCC(=O)O)cc2)cc1.[Cl-]. The van der Waals surface area contributed by atoms with Gasteiger partial charge in [-0.3, -0.25) is 4.79 Å². The lowest BCUT2D eigenvalue weighted by Crippen LogP contribution is -3.00. The van der Waals surface area contributed by atoms with Crippen LogP contribution in [0.5, 0.6) is 0 Å². The highest BCUT2D eigenvalue weighted by Gasteiger charge is 2.04. The Morgan fingerprint density at radius 1 is 1.00 bits per heavy atom. The molecule has 2 rings (SSSR count). The number of aliphatic carboxylic acids is 1. The summed E-state index contributed by atoms with van der Waals surface area (Å²) < 4.78 is 1.88. The fraction of sp³-hybridized carbons (Fsp3) is 0.300. The van der Waals surface area contributed by atoms with E-state index in [4.69, 9.17) is 5.11 Å². The van der Waals surface area contributed by atoms with Crippen LogP contribution in [0.2, 0.25) is 0 Å². The summed E-state index contributed by atoms with van der Waals surface area (Å²) in [6.07, 6.45) is 8.10. The van der Waals surface area contributed by atoms with Gasteiger partial charge in [-0.15, -0.1) is 0 Å². The fourth-order valence-electron chi connectivity index (χ4n) is 2.53. The number of hydrogen-bond donors (Lipinski definition) is 1. The highest BCUT2D eigenvalue weighted by Crippen LogP contribution is 2.16. The predicted octanol–water partition coefficient (Wildman–Crippen LogP) is 0.469. The van der Waals surface area contributed by atoms with Crippen molar-refractivity contribution in [1.29, 1.82) is 0 Å². The first-order valence-electron chi connectivity index (χ1n) is 8.36. The molecular weight excluding hydrogens is 336 g/mol. The highest BCUT2D eigenvalue weighted by molar-refractivity contribution is 5.70. The third-order valence-electron chi connectivity index (χ3n) is 3.99. The van der Waals surface area contributed by atoms with Crippen LogP contribution < -0.4 is 21.9 Å². The average molecular weight is 361 g/mol. The molecule has 1 aromatic heterocycles. The second-order valence-electron chi connectivity index (χ2n) is 5.61. The molecule has 5 heteroatoms. The number of carbonyl (C=O) groups is 1. The van der Waals surface area contributed by atoms with Gasteiger partial charge in [-0.1, -0.05) is 24.3 Å². The van der Waals surface area contributed by atoms with Gasteiger partial charge in [0.1, 0.15) is 6.42 Å². The zero-order valence-electron chi connectivity index (χ0n) is 14.7. The summed E-state index contributed by atoms with van der Waals surface area (Å²) in [5, 5.41) is 8.70. The quantitative estimate of drug-likeness (QED) is 0.696. The predicted molar refractivity (Wildman–Crippen MR) is 97.8 cm³/mol. The van der Waals surface area contributed by atoms with Crippen LogP contribution in [0.1, 0.15) is 31.4 Å².